The van der Waals surface area contributed by atoms with E-state index in [0.29, 0.717) is 25.5 Å². The summed E-state index contributed by atoms with van der Waals surface area (Å²) >= 11 is 0. The van der Waals surface area contributed by atoms with Crippen molar-refractivity contribution in [3.8, 4) is 11.1 Å². The van der Waals surface area contributed by atoms with E-state index in [-0.39, 0.29) is 18.2 Å². The van der Waals surface area contributed by atoms with Gasteiger partial charge in [0.15, 0.2) is 0 Å². The van der Waals surface area contributed by atoms with Gasteiger partial charge in [-0.15, -0.1) is 0 Å². The van der Waals surface area contributed by atoms with Crippen LogP contribution in [0.4, 0.5) is 17.5 Å². The lowest BCUT2D eigenvalue weighted by Crippen LogP contribution is -2.54. The highest BCUT2D eigenvalue weighted by Gasteiger charge is 2.55. The van der Waals surface area contributed by atoms with Crippen molar-refractivity contribution in [2.24, 2.45) is 5.73 Å². The fourth-order valence-electron chi connectivity index (χ4n) is 6.46. The number of anilines is 3. The molecule has 3 aromatic rings. The predicted molar refractivity (Wildman–Crippen MR) is 162 cm³/mol. The minimum atomic E-state index is -0.677. The molecule has 1 saturated carbocycles. The van der Waals surface area contributed by atoms with Crippen molar-refractivity contribution in [3.63, 3.8) is 0 Å². The standard InChI is InChI=1S/C31H40N8O3/c1-21(37-11-13-38(14-12-37)31(7-8-31)29(41)42)22-3-2-4-25(15-22)36-28-16-23(6-10-33-28)24-18-34-30(35-19-24)39-20-27(40)17-26(39)5-9-32/h2-4,6,10,15-16,18-19,21,26-27,40H,5,7-9,11-14,17,20,32H2,1H3,(H,33,36)(H,41,42). The summed E-state index contributed by atoms with van der Waals surface area (Å²) in [5.41, 5.74) is 9.15. The largest absolute Gasteiger partial charge is 0.480 e. The summed E-state index contributed by atoms with van der Waals surface area (Å²) in [5.74, 6) is 0.663. The number of carbonyl (C=O) groups is 1. The number of rotatable bonds is 10. The molecule has 3 fully saturated rings. The molecular formula is C31H40N8O3. The van der Waals surface area contributed by atoms with Gasteiger partial charge in [0.1, 0.15) is 11.4 Å². The number of aliphatic hydroxyl groups excluding tert-OH is 1. The Morgan fingerprint density at radius 2 is 1.86 bits per heavy atom. The van der Waals surface area contributed by atoms with Crippen molar-refractivity contribution in [2.45, 2.75) is 56.3 Å². The van der Waals surface area contributed by atoms with E-state index in [9.17, 15) is 15.0 Å². The Bertz CT molecular complexity index is 1390. The average molecular weight is 573 g/mol. The van der Waals surface area contributed by atoms with E-state index < -0.39 is 11.5 Å². The number of carboxylic acids is 1. The number of carboxylic acid groups (broad SMARTS) is 1. The van der Waals surface area contributed by atoms with Crippen molar-refractivity contribution in [1.82, 2.24) is 24.8 Å². The summed E-state index contributed by atoms with van der Waals surface area (Å²) < 4.78 is 0. The summed E-state index contributed by atoms with van der Waals surface area (Å²) in [6.45, 7) is 6.56. The van der Waals surface area contributed by atoms with Gasteiger partial charge in [-0.1, -0.05) is 12.1 Å². The second-order valence-corrected chi connectivity index (χ2v) is 11.8. The third kappa shape index (κ3) is 5.82. The number of benzene rings is 1. The molecule has 3 atom stereocenters. The smallest absolute Gasteiger partial charge is 0.324 e. The molecule has 2 saturated heterocycles. The number of aromatic nitrogens is 3. The first-order chi connectivity index (χ1) is 20.4. The van der Waals surface area contributed by atoms with Crippen molar-refractivity contribution in [2.75, 3.05) is 49.5 Å². The molecular weight excluding hydrogens is 532 g/mol. The first-order valence-electron chi connectivity index (χ1n) is 14.9. The average Bonchev–Trinajstić information content (AvgIpc) is 3.75. The summed E-state index contributed by atoms with van der Waals surface area (Å²) in [5, 5.41) is 23.2. The number of hydrogen-bond donors (Lipinski definition) is 4. The molecule has 1 aromatic carbocycles. The fourth-order valence-corrected chi connectivity index (χ4v) is 6.46. The Kier molecular flexibility index (Phi) is 8.09. The Labute approximate surface area is 246 Å². The summed E-state index contributed by atoms with van der Waals surface area (Å²) in [6.07, 6.45) is 8.03. The van der Waals surface area contributed by atoms with E-state index in [1.165, 1.54) is 5.56 Å². The molecule has 3 unspecified atom stereocenters. The van der Waals surface area contributed by atoms with Gasteiger partial charge in [-0.05, 0) is 74.5 Å². The van der Waals surface area contributed by atoms with Crippen LogP contribution in [0.2, 0.25) is 0 Å². The third-order valence-electron chi connectivity index (χ3n) is 9.11. The van der Waals surface area contributed by atoms with Gasteiger partial charge in [0.25, 0.3) is 0 Å². The zero-order chi connectivity index (χ0) is 29.3. The molecule has 0 amide bonds. The topological polar surface area (TPSA) is 144 Å². The molecule has 0 bridgehead atoms. The van der Waals surface area contributed by atoms with Crippen LogP contribution in [0, 0.1) is 0 Å². The Morgan fingerprint density at radius 3 is 2.55 bits per heavy atom. The highest BCUT2D eigenvalue weighted by molar-refractivity contribution is 5.82. The SMILES string of the molecule is CC(c1cccc(Nc2cc(-c3cnc(N4CC(O)CC4CCN)nc3)ccn2)c1)N1CCN(C2(C(=O)O)CC2)CC1. The summed E-state index contributed by atoms with van der Waals surface area (Å²) in [6, 6.07) is 12.7. The Morgan fingerprint density at radius 1 is 1.10 bits per heavy atom. The molecule has 42 heavy (non-hydrogen) atoms. The Hall–Kier alpha value is -3.64. The van der Waals surface area contributed by atoms with Crippen LogP contribution in [-0.4, -0.2) is 97.9 Å². The van der Waals surface area contributed by atoms with Crippen molar-refractivity contribution < 1.29 is 15.0 Å². The number of nitrogens with one attached hydrogen (secondary N) is 1. The van der Waals surface area contributed by atoms with E-state index in [1.54, 1.807) is 6.20 Å². The number of pyridine rings is 1. The van der Waals surface area contributed by atoms with Gasteiger partial charge >= 0.3 is 5.97 Å². The predicted octanol–water partition coefficient (Wildman–Crippen LogP) is 2.87. The molecule has 2 aromatic heterocycles. The molecule has 5 N–H and O–H groups in total. The van der Waals surface area contributed by atoms with Crippen LogP contribution in [0.5, 0.6) is 0 Å². The second kappa shape index (κ2) is 11.9. The minimum absolute atomic E-state index is 0.155. The maximum Gasteiger partial charge on any atom is 0.324 e. The minimum Gasteiger partial charge on any atom is -0.480 e. The second-order valence-electron chi connectivity index (χ2n) is 11.8. The van der Waals surface area contributed by atoms with Crippen LogP contribution >= 0.6 is 0 Å². The molecule has 4 heterocycles. The van der Waals surface area contributed by atoms with Crippen LogP contribution in [0.1, 0.15) is 44.2 Å². The van der Waals surface area contributed by atoms with Gasteiger partial charge in [-0.3, -0.25) is 14.6 Å². The molecule has 0 radical (unpaired) electrons. The zero-order valence-electron chi connectivity index (χ0n) is 24.1. The molecule has 3 aliphatic rings. The third-order valence-corrected chi connectivity index (χ3v) is 9.11. The lowest BCUT2D eigenvalue weighted by Gasteiger charge is -2.40. The number of β-amino-alcohol motifs (C(OH)–C–C–N with tert-alkyl or cyclic N) is 1. The van der Waals surface area contributed by atoms with E-state index in [1.807, 2.05) is 35.5 Å². The van der Waals surface area contributed by atoms with E-state index in [4.69, 9.17) is 5.73 Å². The number of nitrogens with zero attached hydrogens (tertiary/aromatic N) is 6. The molecule has 222 valence electrons. The maximum absolute atomic E-state index is 11.7. The molecule has 11 nitrogen and oxygen atoms in total. The van der Waals surface area contributed by atoms with E-state index in [0.717, 1.165) is 68.1 Å². The van der Waals surface area contributed by atoms with Crippen LogP contribution < -0.4 is 16.0 Å². The number of nitrogens with two attached hydrogens (primary N) is 1. The van der Waals surface area contributed by atoms with Crippen LogP contribution in [0.3, 0.4) is 0 Å². The Balaban J connectivity index is 1.10. The highest BCUT2D eigenvalue weighted by atomic mass is 16.4. The van der Waals surface area contributed by atoms with Crippen molar-refractivity contribution in [1.29, 1.82) is 0 Å². The number of piperazine rings is 1. The molecule has 0 spiro atoms. The van der Waals surface area contributed by atoms with E-state index >= 15 is 0 Å². The van der Waals surface area contributed by atoms with Crippen LogP contribution in [0.15, 0.2) is 55.0 Å². The van der Waals surface area contributed by atoms with Gasteiger partial charge in [-0.25, -0.2) is 15.0 Å². The van der Waals surface area contributed by atoms with Crippen LogP contribution in [-0.2, 0) is 4.79 Å². The van der Waals surface area contributed by atoms with Gasteiger partial charge in [-0.2, -0.15) is 0 Å². The molecule has 1 aliphatic carbocycles. The fraction of sp³-hybridized carbons (Fsp3) is 0.484. The number of aliphatic hydroxyl groups is 1. The van der Waals surface area contributed by atoms with E-state index in [2.05, 4.69) is 55.2 Å². The maximum atomic E-state index is 11.7. The first kappa shape index (κ1) is 28.5. The lowest BCUT2D eigenvalue weighted by atomic mass is 10.0. The highest BCUT2D eigenvalue weighted by Crippen LogP contribution is 2.42. The van der Waals surface area contributed by atoms with Gasteiger partial charge in [0.05, 0.1) is 6.10 Å². The van der Waals surface area contributed by atoms with Gasteiger partial charge < -0.3 is 26.2 Å². The lowest BCUT2D eigenvalue weighted by molar-refractivity contribution is -0.146. The quantitative estimate of drug-likeness (QED) is 0.285. The van der Waals surface area contributed by atoms with Crippen molar-refractivity contribution in [3.05, 3.63) is 60.6 Å². The molecule has 6 rings (SSSR count). The summed E-state index contributed by atoms with van der Waals surface area (Å²) in [7, 11) is 0. The first-order valence-corrected chi connectivity index (χ1v) is 14.9. The van der Waals surface area contributed by atoms with Crippen LogP contribution in [0.25, 0.3) is 11.1 Å². The van der Waals surface area contributed by atoms with Crippen molar-refractivity contribution >= 4 is 23.4 Å². The normalized spacial score (nSPS) is 23.1. The monoisotopic (exact) mass is 572 g/mol. The summed E-state index contributed by atoms with van der Waals surface area (Å²) in [4.78, 5) is 32.1. The molecule has 2 aliphatic heterocycles. The zero-order valence-corrected chi connectivity index (χ0v) is 24.1. The number of aliphatic carboxylic acids is 1. The number of hydrogen-bond acceptors (Lipinski definition) is 10. The van der Waals surface area contributed by atoms with Gasteiger partial charge in [0, 0.05) is 74.6 Å². The van der Waals surface area contributed by atoms with Gasteiger partial charge in [0.2, 0.25) is 5.95 Å². The molecule has 11 heteroatoms.